The van der Waals surface area contributed by atoms with Crippen LogP contribution in [0.4, 0.5) is 4.39 Å². The Morgan fingerprint density at radius 1 is 1.05 bits per heavy atom. The molecule has 3 nitrogen and oxygen atoms in total. The number of aliphatic hydroxyl groups excluding tert-OH is 1. The molecule has 3 aliphatic rings. The van der Waals surface area contributed by atoms with Crippen LogP contribution in [0.1, 0.15) is 86.5 Å². The van der Waals surface area contributed by atoms with Gasteiger partial charge in [-0.05, 0) is 149 Å². The van der Waals surface area contributed by atoms with Crippen molar-refractivity contribution in [3.05, 3.63) is 64.7 Å². The summed E-state index contributed by atoms with van der Waals surface area (Å²) in [5.41, 5.74) is 5.26. The zero-order valence-corrected chi connectivity index (χ0v) is 23.7. The van der Waals surface area contributed by atoms with Crippen LogP contribution in [0.5, 0.6) is 5.75 Å². The van der Waals surface area contributed by atoms with E-state index in [0.717, 1.165) is 64.5 Å². The Hall–Kier alpha value is -1.91. The van der Waals surface area contributed by atoms with Gasteiger partial charge >= 0.3 is 0 Å². The van der Waals surface area contributed by atoms with Crippen molar-refractivity contribution in [3.63, 3.8) is 0 Å². The van der Waals surface area contributed by atoms with E-state index in [9.17, 15) is 10.2 Å². The first-order chi connectivity index (χ1) is 18.2. The molecule has 0 radical (unpaired) electrons. The third-order valence-corrected chi connectivity index (χ3v) is 10.6. The lowest BCUT2D eigenvalue weighted by Gasteiger charge is -2.53. The van der Waals surface area contributed by atoms with E-state index in [-0.39, 0.29) is 17.4 Å². The van der Waals surface area contributed by atoms with Gasteiger partial charge in [-0.1, -0.05) is 42.8 Å². The lowest BCUT2D eigenvalue weighted by atomic mass is 9.52. The van der Waals surface area contributed by atoms with Gasteiger partial charge in [0.05, 0.1) is 6.10 Å². The molecule has 2 aromatic carbocycles. The third-order valence-electron chi connectivity index (χ3n) is 10.6. The van der Waals surface area contributed by atoms with Gasteiger partial charge < -0.3 is 15.1 Å². The molecule has 3 aliphatic carbocycles. The summed E-state index contributed by atoms with van der Waals surface area (Å²) in [7, 11) is 2.16. The van der Waals surface area contributed by atoms with Crippen molar-refractivity contribution in [2.45, 2.75) is 96.2 Å². The Morgan fingerprint density at radius 3 is 2.61 bits per heavy atom. The van der Waals surface area contributed by atoms with Crippen LogP contribution in [0.25, 0.3) is 0 Å². The number of nitrogens with zero attached hydrogens (tertiary/aromatic N) is 1. The molecule has 0 aromatic heterocycles. The highest BCUT2D eigenvalue weighted by molar-refractivity contribution is 5.40. The highest BCUT2D eigenvalue weighted by Crippen LogP contribution is 2.62. The molecule has 0 bridgehead atoms. The fourth-order valence-corrected chi connectivity index (χ4v) is 8.43. The number of rotatable bonds is 10. The number of phenolic OH excluding ortho intramolecular Hbond substituents is 1. The van der Waals surface area contributed by atoms with Gasteiger partial charge in [-0.15, -0.1) is 0 Å². The van der Waals surface area contributed by atoms with Gasteiger partial charge in [-0.3, -0.25) is 0 Å². The van der Waals surface area contributed by atoms with Crippen molar-refractivity contribution in [2.24, 2.45) is 23.2 Å². The van der Waals surface area contributed by atoms with Gasteiger partial charge in [0.1, 0.15) is 11.9 Å². The topological polar surface area (TPSA) is 43.7 Å². The number of hydrogen-bond acceptors (Lipinski definition) is 3. The first-order valence-electron chi connectivity index (χ1n) is 15.1. The van der Waals surface area contributed by atoms with Gasteiger partial charge in [0.25, 0.3) is 0 Å². The number of benzene rings is 2. The molecule has 0 amide bonds. The molecule has 0 spiro atoms. The second-order valence-corrected chi connectivity index (χ2v) is 13.1. The zero-order chi connectivity index (χ0) is 26.9. The summed E-state index contributed by atoms with van der Waals surface area (Å²) in [4.78, 5) is 2.35. The van der Waals surface area contributed by atoms with E-state index < -0.39 is 6.17 Å². The monoisotopic (exact) mass is 521 g/mol. The van der Waals surface area contributed by atoms with Crippen LogP contribution in [0, 0.1) is 30.1 Å². The molecule has 4 heteroatoms. The fraction of sp³-hybridized carbons (Fsp3) is 0.647. The quantitative estimate of drug-likeness (QED) is 0.347. The van der Waals surface area contributed by atoms with E-state index in [1.54, 1.807) is 0 Å². The van der Waals surface area contributed by atoms with Crippen LogP contribution in [0.3, 0.4) is 0 Å². The summed E-state index contributed by atoms with van der Waals surface area (Å²) >= 11 is 0. The van der Waals surface area contributed by atoms with E-state index in [2.05, 4.69) is 56.1 Å². The minimum absolute atomic E-state index is 0.0268. The van der Waals surface area contributed by atoms with Crippen molar-refractivity contribution >= 4 is 0 Å². The second kappa shape index (κ2) is 11.7. The lowest BCUT2D eigenvalue weighted by Crippen LogP contribution is -2.47. The number of alkyl halides is 1. The summed E-state index contributed by atoms with van der Waals surface area (Å²) in [5.74, 6) is 1.94. The predicted octanol–water partition coefficient (Wildman–Crippen LogP) is 7.22. The largest absolute Gasteiger partial charge is 0.508 e. The molecule has 7 atom stereocenters. The predicted molar refractivity (Wildman–Crippen MR) is 153 cm³/mol. The SMILES string of the molecule is Cc1ccc(CCCN(C)CCCC(F)C[C@@H]2Cc3cc(O)ccc3[C@H]3CC[C@]4(C)[C@@H](O)CC[C@H]4[C@H]23)cc1. The Balaban J connectivity index is 1.16. The van der Waals surface area contributed by atoms with Crippen molar-refractivity contribution in [3.8, 4) is 5.75 Å². The Kier molecular flexibility index (Phi) is 8.50. The normalized spacial score (nSPS) is 31.1. The number of fused-ring (bicyclic) bond motifs is 5. The smallest absolute Gasteiger partial charge is 0.115 e. The highest BCUT2D eigenvalue weighted by atomic mass is 19.1. The molecule has 2 fully saturated rings. The zero-order valence-electron chi connectivity index (χ0n) is 23.7. The summed E-state index contributed by atoms with van der Waals surface area (Å²) in [6, 6.07) is 14.7. The number of hydrogen-bond donors (Lipinski definition) is 2. The minimum Gasteiger partial charge on any atom is -0.508 e. The van der Waals surface area contributed by atoms with Crippen LogP contribution in [-0.2, 0) is 12.8 Å². The molecule has 2 N–H and O–H groups in total. The lowest BCUT2D eigenvalue weighted by molar-refractivity contribution is -0.0424. The Labute approximate surface area is 229 Å². The van der Waals surface area contributed by atoms with Crippen molar-refractivity contribution < 1.29 is 14.6 Å². The summed E-state index contributed by atoms with van der Waals surface area (Å²) in [6.07, 6.45) is 8.22. The van der Waals surface area contributed by atoms with Crippen LogP contribution in [-0.4, -0.2) is 47.5 Å². The van der Waals surface area contributed by atoms with Gasteiger partial charge in [0, 0.05) is 0 Å². The van der Waals surface area contributed by atoms with E-state index in [4.69, 9.17) is 0 Å². The third kappa shape index (κ3) is 5.82. The average Bonchev–Trinajstić information content (AvgIpc) is 3.19. The maximum Gasteiger partial charge on any atom is 0.115 e. The molecular weight excluding hydrogens is 473 g/mol. The second-order valence-electron chi connectivity index (χ2n) is 13.1. The molecule has 2 saturated carbocycles. The van der Waals surface area contributed by atoms with Gasteiger partial charge in [-0.25, -0.2) is 4.39 Å². The molecule has 2 aromatic rings. The Morgan fingerprint density at radius 2 is 1.82 bits per heavy atom. The van der Waals surface area contributed by atoms with Crippen LogP contribution >= 0.6 is 0 Å². The van der Waals surface area contributed by atoms with Gasteiger partial charge in [-0.2, -0.15) is 0 Å². The number of aromatic hydroxyl groups is 1. The first kappa shape index (κ1) is 27.6. The van der Waals surface area contributed by atoms with E-state index in [1.165, 1.54) is 22.3 Å². The minimum atomic E-state index is -0.792. The standard InChI is InChI=1S/C34H48FNO2/c1-23-8-10-24(11-9-23)6-4-18-36(3)19-5-7-27(35)21-26-20-25-22-28(37)12-13-29(25)30-16-17-34(2)31(33(26)30)14-15-32(34)38/h8-13,22,26-27,30-33,37-38H,4-7,14-21H2,1-3H3/t26-,27?,30+,31-,32-,33+,34-/m0/s1. The molecule has 0 aliphatic heterocycles. The molecule has 5 rings (SSSR count). The molecular formula is C34H48FNO2. The molecule has 0 saturated heterocycles. The van der Waals surface area contributed by atoms with Crippen LogP contribution in [0.2, 0.25) is 0 Å². The summed E-state index contributed by atoms with van der Waals surface area (Å²) in [5, 5.41) is 21.0. The van der Waals surface area contributed by atoms with E-state index in [1.807, 2.05) is 12.1 Å². The maximum atomic E-state index is 15.6. The van der Waals surface area contributed by atoms with Crippen molar-refractivity contribution in [1.82, 2.24) is 4.90 Å². The summed E-state index contributed by atoms with van der Waals surface area (Å²) < 4.78 is 15.6. The van der Waals surface area contributed by atoms with Gasteiger partial charge in [0.2, 0.25) is 0 Å². The highest BCUT2D eigenvalue weighted by Gasteiger charge is 2.56. The number of aliphatic hydroxyl groups is 1. The van der Waals surface area contributed by atoms with Crippen LogP contribution in [0.15, 0.2) is 42.5 Å². The molecule has 208 valence electrons. The van der Waals surface area contributed by atoms with Crippen LogP contribution < -0.4 is 0 Å². The Bertz CT molecular complexity index is 1070. The fourth-order valence-electron chi connectivity index (χ4n) is 8.43. The maximum absolute atomic E-state index is 15.6. The number of phenols is 1. The molecule has 38 heavy (non-hydrogen) atoms. The van der Waals surface area contributed by atoms with E-state index in [0.29, 0.717) is 36.3 Å². The van der Waals surface area contributed by atoms with E-state index >= 15 is 4.39 Å². The van der Waals surface area contributed by atoms with Crippen molar-refractivity contribution in [2.75, 3.05) is 20.1 Å². The van der Waals surface area contributed by atoms with Crippen molar-refractivity contribution in [1.29, 1.82) is 0 Å². The average molecular weight is 522 g/mol. The molecule has 0 heterocycles. The summed E-state index contributed by atoms with van der Waals surface area (Å²) in [6.45, 7) is 6.39. The van der Waals surface area contributed by atoms with Gasteiger partial charge in [0.15, 0.2) is 0 Å². The first-order valence-corrected chi connectivity index (χ1v) is 15.1. The number of halogens is 1. The molecule has 1 unspecified atom stereocenters. The number of aryl methyl sites for hydroxylation is 2.